The molecule has 0 fully saturated rings. The van der Waals surface area contributed by atoms with E-state index < -0.39 is 0 Å². The standard InChI is InChI=1S/C14H19N5/c1-3-15-14-17-10(2)8-13(18-14)19-9-16-11-6-4-5-7-12(11)19/h8-9H,3-7H2,1-2H3,(H,15,17,18). The summed E-state index contributed by atoms with van der Waals surface area (Å²) in [4.78, 5) is 13.5. The highest BCUT2D eigenvalue weighted by molar-refractivity contribution is 5.37. The van der Waals surface area contributed by atoms with Gasteiger partial charge in [0.15, 0.2) is 0 Å². The molecule has 0 bridgehead atoms. The van der Waals surface area contributed by atoms with Crippen LogP contribution in [0.4, 0.5) is 5.95 Å². The summed E-state index contributed by atoms with van der Waals surface area (Å²) in [5, 5.41) is 3.17. The van der Waals surface area contributed by atoms with E-state index >= 15 is 0 Å². The average molecular weight is 257 g/mol. The van der Waals surface area contributed by atoms with Crippen LogP contribution < -0.4 is 5.32 Å². The maximum atomic E-state index is 4.57. The van der Waals surface area contributed by atoms with Gasteiger partial charge >= 0.3 is 0 Å². The summed E-state index contributed by atoms with van der Waals surface area (Å²) < 4.78 is 2.12. The quantitative estimate of drug-likeness (QED) is 0.916. The fourth-order valence-corrected chi connectivity index (χ4v) is 2.58. The predicted molar refractivity (Wildman–Crippen MR) is 74.7 cm³/mol. The van der Waals surface area contributed by atoms with E-state index in [0.717, 1.165) is 30.9 Å². The Labute approximate surface area is 113 Å². The highest BCUT2D eigenvalue weighted by Gasteiger charge is 2.17. The maximum Gasteiger partial charge on any atom is 0.224 e. The van der Waals surface area contributed by atoms with E-state index in [4.69, 9.17) is 0 Å². The Morgan fingerprint density at radius 1 is 1.26 bits per heavy atom. The van der Waals surface area contributed by atoms with Crippen LogP contribution in [0.25, 0.3) is 5.82 Å². The molecule has 0 amide bonds. The predicted octanol–water partition coefficient (Wildman–Crippen LogP) is 2.28. The topological polar surface area (TPSA) is 55.6 Å². The third kappa shape index (κ3) is 2.32. The number of rotatable bonds is 3. The summed E-state index contributed by atoms with van der Waals surface area (Å²) in [5.41, 5.74) is 3.51. The first-order valence-electron chi connectivity index (χ1n) is 6.93. The molecule has 0 aromatic carbocycles. The molecular formula is C14H19N5. The van der Waals surface area contributed by atoms with Gasteiger partial charge in [-0.05, 0) is 39.5 Å². The summed E-state index contributed by atoms with van der Waals surface area (Å²) in [6.07, 6.45) is 6.56. The van der Waals surface area contributed by atoms with Crippen molar-refractivity contribution in [1.82, 2.24) is 19.5 Å². The van der Waals surface area contributed by atoms with E-state index in [1.807, 2.05) is 26.2 Å². The Bertz CT molecular complexity index is 588. The Kier molecular flexibility index (Phi) is 3.19. The first kappa shape index (κ1) is 12.1. The van der Waals surface area contributed by atoms with Crippen molar-refractivity contribution >= 4 is 5.95 Å². The molecule has 0 atom stereocenters. The number of aryl methyl sites for hydroxylation is 2. The molecule has 5 nitrogen and oxygen atoms in total. The van der Waals surface area contributed by atoms with Crippen LogP contribution in [0.15, 0.2) is 12.4 Å². The summed E-state index contributed by atoms with van der Waals surface area (Å²) in [6.45, 7) is 4.87. The van der Waals surface area contributed by atoms with E-state index in [1.165, 1.54) is 24.2 Å². The monoisotopic (exact) mass is 257 g/mol. The van der Waals surface area contributed by atoms with Gasteiger partial charge < -0.3 is 5.32 Å². The Balaban J connectivity index is 2.04. The third-order valence-corrected chi connectivity index (χ3v) is 3.45. The van der Waals surface area contributed by atoms with E-state index in [1.54, 1.807) is 0 Å². The molecule has 0 aliphatic heterocycles. The molecular weight excluding hydrogens is 238 g/mol. The lowest BCUT2D eigenvalue weighted by Crippen LogP contribution is -2.10. The fraction of sp³-hybridized carbons (Fsp3) is 0.500. The van der Waals surface area contributed by atoms with E-state index in [0.29, 0.717) is 5.95 Å². The van der Waals surface area contributed by atoms with Crippen LogP contribution in [0.1, 0.15) is 36.8 Å². The molecule has 0 saturated carbocycles. The van der Waals surface area contributed by atoms with Gasteiger partial charge in [0.05, 0.1) is 5.69 Å². The molecule has 0 saturated heterocycles. The van der Waals surface area contributed by atoms with Crippen molar-refractivity contribution in [2.24, 2.45) is 0 Å². The van der Waals surface area contributed by atoms with Crippen LogP contribution in [-0.4, -0.2) is 26.1 Å². The molecule has 2 aromatic rings. The molecule has 1 aliphatic carbocycles. The largest absolute Gasteiger partial charge is 0.354 e. The number of imidazole rings is 1. The van der Waals surface area contributed by atoms with Crippen molar-refractivity contribution in [3.05, 3.63) is 29.5 Å². The van der Waals surface area contributed by atoms with Gasteiger partial charge in [-0.2, -0.15) is 4.98 Å². The van der Waals surface area contributed by atoms with Gasteiger partial charge in [0.1, 0.15) is 12.1 Å². The second kappa shape index (κ2) is 4.99. The molecule has 0 unspecified atom stereocenters. The minimum Gasteiger partial charge on any atom is -0.354 e. The molecule has 100 valence electrons. The number of nitrogens with one attached hydrogen (secondary N) is 1. The highest BCUT2D eigenvalue weighted by atomic mass is 15.2. The van der Waals surface area contributed by atoms with Gasteiger partial charge in [0, 0.05) is 24.0 Å². The summed E-state index contributed by atoms with van der Waals surface area (Å²) in [5.74, 6) is 1.61. The molecule has 2 aromatic heterocycles. The van der Waals surface area contributed by atoms with Crippen LogP contribution in [0.5, 0.6) is 0 Å². The second-order valence-electron chi connectivity index (χ2n) is 4.94. The van der Waals surface area contributed by atoms with Crippen molar-refractivity contribution in [2.75, 3.05) is 11.9 Å². The second-order valence-corrected chi connectivity index (χ2v) is 4.94. The highest BCUT2D eigenvalue weighted by Crippen LogP contribution is 2.22. The summed E-state index contributed by atoms with van der Waals surface area (Å²) >= 11 is 0. The number of hydrogen-bond donors (Lipinski definition) is 1. The summed E-state index contributed by atoms with van der Waals surface area (Å²) in [6, 6.07) is 2.01. The number of nitrogens with zero attached hydrogens (tertiary/aromatic N) is 4. The van der Waals surface area contributed by atoms with Crippen LogP contribution >= 0.6 is 0 Å². The Hall–Kier alpha value is -1.91. The SMILES string of the molecule is CCNc1nc(C)cc(-n2cnc3c2CCCC3)n1. The number of aromatic nitrogens is 4. The molecule has 0 radical (unpaired) electrons. The maximum absolute atomic E-state index is 4.57. The van der Waals surface area contributed by atoms with Gasteiger partial charge in [-0.3, -0.25) is 4.57 Å². The lowest BCUT2D eigenvalue weighted by Gasteiger charge is -2.14. The van der Waals surface area contributed by atoms with Gasteiger partial charge in [-0.15, -0.1) is 0 Å². The zero-order chi connectivity index (χ0) is 13.2. The Morgan fingerprint density at radius 3 is 2.95 bits per heavy atom. The smallest absolute Gasteiger partial charge is 0.224 e. The molecule has 1 aliphatic rings. The van der Waals surface area contributed by atoms with Crippen molar-refractivity contribution in [3.8, 4) is 5.82 Å². The molecule has 2 heterocycles. The summed E-state index contributed by atoms with van der Waals surface area (Å²) in [7, 11) is 0. The van der Waals surface area contributed by atoms with Gasteiger partial charge in [0.2, 0.25) is 5.95 Å². The lowest BCUT2D eigenvalue weighted by atomic mass is 10.0. The molecule has 19 heavy (non-hydrogen) atoms. The normalized spacial score (nSPS) is 14.2. The van der Waals surface area contributed by atoms with Gasteiger partial charge in [-0.25, -0.2) is 9.97 Å². The van der Waals surface area contributed by atoms with Gasteiger partial charge in [-0.1, -0.05) is 0 Å². The van der Waals surface area contributed by atoms with Crippen LogP contribution in [0.2, 0.25) is 0 Å². The van der Waals surface area contributed by atoms with Crippen molar-refractivity contribution in [2.45, 2.75) is 39.5 Å². The molecule has 5 heteroatoms. The minimum atomic E-state index is 0.691. The third-order valence-electron chi connectivity index (χ3n) is 3.45. The first-order chi connectivity index (χ1) is 9.28. The molecule has 3 rings (SSSR count). The van der Waals surface area contributed by atoms with E-state index in [2.05, 4.69) is 24.8 Å². The fourth-order valence-electron chi connectivity index (χ4n) is 2.58. The zero-order valence-corrected chi connectivity index (χ0v) is 11.5. The van der Waals surface area contributed by atoms with Crippen LogP contribution in [0.3, 0.4) is 0 Å². The first-order valence-corrected chi connectivity index (χ1v) is 6.93. The van der Waals surface area contributed by atoms with Crippen molar-refractivity contribution in [1.29, 1.82) is 0 Å². The van der Waals surface area contributed by atoms with Gasteiger partial charge in [0.25, 0.3) is 0 Å². The zero-order valence-electron chi connectivity index (χ0n) is 11.5. The van der Waals surface area contributed by atoms with E-state index in [9.17, 15) is 0 Å². The van der Waals surface area contributed by atoms with Crippen molar-refractivity contribution in [3.63, 3.8) is 0 Å². The molecule has 0 spiro atoms. The number of anilines is 1. The van der Waals surface area contributed by atoms with Crippen LogP contribution in [0, 0.1) is 6.92 Å². The average Bonchev–Trinajstić information content (AvgIpc) is 2.82. The number of hydrogen-bond acceptors (Lipinski definition) is 4. The number of fused-ring (bicyclic) bond motifs is 1. The van der Waals surface area contributed by atoms with Crippen LogP contribution in [-0.2, 0) is 12.8 Å². The van der Waals surface area contributed by atoms with Crippen molar-refractivity contribution < 1.29 is 0 Å². The molecule has 1 N–H and O–H groups in total. The lowest BCUT2D eigenvalue weighted by molar-refractivity contribution is 0.654. The van der Waals surface area contributed by atoms with E-state index in [-0.39, 0.29) is 0 Å². The Morgan fingerprint density at radius 2 is 2.11 bits per heavy atom. The minimum absolute atomic E-state index is 0.691.